The van der Waals surface area contributed by atoms with E-state index in [0.29, 0.717) is 24.9 Å². The maximum Gasteiger partial charge on any atom is 0.220 e. The minimum Gasteiger partial charge on any atom is -0.353 e. The Balaban J connectivity index is 0. The molecule has 2 atom stereocenters. The predicted molar refractivity (Wildman–Crippen MR) is 81.5 cm³/mol. The quantitative estimate of drug-likeness (QED) is 0.585. The lowest BCUT2D eigenvalue weighted by Crippen LogP contribution is -2.44. The molecule has 0 aromatic heterocycles. The van der Waals surface area contributed by atoms with Crippen molar-refractivity contribution in [2.24, 2.45) is 11.7 Å². The van der Waals surface area contributed by atoms with Crippen molar-refractivity contribution in [3.8, 4) is 0 Å². The van der Waals surface area contributed by atoms with Crippen molar-refractivity contribution in [3.05, 3.63) is 12.7 Å². The Kier molecular flexibility index (Phi) is 13.2. The fraction of sp³-hybridized carbons (Fsp3) is 0.769. The van der Waals surface area contributed by atoms with Gasteiger partial charge < -0.3 is 11.1 Å². The maximum atomic E-state index is 11.7. The number of carbonyl (C=O) groups excluding carboxylic acids is 1. The minimum atomic E-state index is 0. The van der Waals surface area contributed by atoms with E-state index in [9.17, 15) is 4.79 Å². The lowest BCUT2D eigenvalue weighted by Gasteiger charge is -2.31. The summed E-state index contributed by atoms with van der Waals surface area (Å²) in [6.45, 7) is 4.34. The molecule has 0 bridgehead atoms. The molecule has 1 rings (SSSR count). The molecule has 18 heavy (non-hydrogen) atoms. The summed E-state index contributed by atoms with van der Waals surface area (Å²) in [5.74, 6) is 0.657. The number of hydrogen-bond acceptors (Lipinski definition) is 2. The number of nitrogens with one attached hydrogen (secondary N) is 1. The van der Waals surface area contributed by atoms with E-state index in [4.69, 9.17) is 5.73 Å². The molecule has 0 saturated heterocycles. The molecule has 0 aromatic rings. The van der Waals surface area contributed by atoms with Crippen molar-refractivity contribution in [3.63, 3.8) is 0 Å². The van der Waals surface area contributed by atoms with E-state index in [1.54, 1.807) is 0 Å². The first-order chi connectivity index (χ1) is 7.77. The van der Waals surface area contributed by atoms with E-state index >= 15 is 0 Å². The van der Waals surface area contributed by atoms with Gasteiger partial charge >= 0.3 is 0 Å². The number of rotatable bonds is 6. The van der Waals surface area contributed by atoms with Gasteiger partial charge in [0.15, 0.2) is 0 Å². The zero-order valence-electron chi connectivity index (χ0n) is 10.9. The summed E-state index contributed by atoms with van der Waals surface area (Å²) in [5.41, 5.74) is 5.73. The Labute approximate surface area is 123 Å². The van der Waals surface area contributed by atoms with Crippen molar-refractivity contribution in [1.82, 2.24) is 5.32 Å². The van der Waals surface area contributed by atoms with Crippen LogP contribution in [0.2, 0.25) is 0 Å². The van der Waals surface area contributed by atoms with E-state index in [0.717, 1.165) is 25.7 Å². The van der Waals surface area contributed by atoms with Crippen LogP contribution in [0.5, 0.6) is 0 Å². The van der Waals surface area contributed by atoms with Crippen LogP contribution < -0.4 is 11.1 Å². The Morgan fingerprint density at radius 2 is 2.00 bits per heavy atom. The van der Waals surface area contributed by atoms with Gasteiger partial charge in [0.25, 0.3) is 0 Å². The van der Waals surface area contributed by atoms with Gasteiger partial charge in [-0.2, -0.15) is 0 Å². The second-order valence-electron chi connectivity index (χ2n) is 4.64. The molecule has 5 heteroatoms. The highest BCUT2D eigenvalue weighted by Gasteiger charge is 2.24. The second-order valence-corrected chi connectivity index (χ2v) is 4.64. The van der Waals surface area contributed by atoms with E-state index in [1.807, 2.05) is 6.08 Å². The SMILES string of the molecule is C=CCCCC(=O)NC1CCCCC1CN.Cl.Cl. The zero-order chi connectivity index (χ0) is 11.8. The van der Waals surface area contributed by atoms with Gasteiger partial charge in [-0.1, -0.05) is 18.9 Å². The molecule has 1 fully saturated rings. The van der Waals surface area contributed by atoms with Crippen LogP contribution in [-0.4, -0.2) is 18.5 Å². The lowest BCUT2D eigenvalue weighted by molar-refractivity contribution is -0.122. The van der Waals surface area contributed by atoms with Crippen molar-refractivity contribution in [1.29, 1.82) is 0 Å². The number of halogens is 2. The first kappa shape index (κ1) is 20.1. The van der Waals surface area contributed by atoms with Crippen LogP contribution in [0.3, 0.4) is 0 Å². The molecule has 1 aliphatic carbocycles. The minimum absolute atomic E-state index is 0. The first-order valence-corrected chi connectivity index (χ1v) is 6.38. The van der Waals surface area contributed by atoms with Crippen LogP contribution in [0, 0.1) is 5.92 Å². The molecule has 0 spiro atoms. The summed E-state index contributed by atoms with van der Waals surface area (Å²) in [5, 5.41) is 3.13. The third-order valence-corrected chi connectivity index (χ3v) is 3.37. The average Bonchev–Trinajstić information content (AvgIpc) is 2.30. The van der Waals surface area contributed by atoms with E-state index in [2.05, 4.69) is 11.9 Å². The zero-order valence-corrected chi connectivity index (χ0v) is 12.5. The first-order valence-electron chi connectivity index (χ1n) is 6.38. The van der Waals surface area contributed by atoms with Crippen LogP contribution in [0.1, 0.15) is 44.9 Å². The smallest absolute Gasteiger partial charge is 0.220 e. The fourth-order valence-electron chi connectivity index (χ4n) is 2.37. The molecule has 1 amide bonds. The van der Waals surface area contributed by atoms with Gasteiger partial charge in [0.2, 0.25) is 5.91 Å². The standard InChI is InChI=1S/C13H24N2O.2ClH/c1-2-3-4-9-13(16)15-12-8-6-5-7-11(12)10-14;;/h2,11-12H,1,3-10,14H2,(H,15,16);2*1H. The molecule has 0 aromatic carbocycles. The number of allylic oxidation sites excluding steroid dienone is 1. The molecule has 1 saturated carbocycles. The van der Waals surface area contributed by atoms with Crippen LogP contribution in [0.4, 0.5) is 0 Å². The summed E-state index contributed by atoms with van der Waals surface area (Å²) in [6, 6.07) is 0.315. The molecule has 108 valence electrons. The van der Waals surface area contributed by atoms with Gasteiger partial charge in [-0.25, -0.2) is 0 Å². The Morgan fingerprint density at radius 3 is 2.61 bits per heavy atom. The predicted octanol–water partition coefficient (Wildman–Crippen LogP) is 2.82. The third-order valence-electron chi connectivity index (χ3n) is 3.37. The highest BCUT2D eigenvalue weighted by atomic mass is 35.5. The van der Waals surface area contributed by atoms with Crippen LogP contribution in [0.15, 0.2) is 12.7 Å². The van der Waals surface area contributed by atoms with Crippen molar-refractivity contribution in [2.45, 2.75) is 51.0 Å². The summed E-state index contributed by atoms with van der Waals surface area (Å²) in [6.07, 6.45) is 9.01. The number of amides is 1. The van der Waals surface area contributed by atoms with Gasteiger partial charge in [-0.05, 0) is 38.1 Å². The fourth-order valence-corrected chi connectivity index (χ4v) is 2.37. The maximum absolute atomic E-state index is 11.7. The second kappa shape index (κ2) is 11.8. The molecular formula is C13H26Cl2N2O. The number of unbranched alkanes of at least 4 members (excludes halogenated alkanes) is 1. The molecular weight excluding hydrogens is 271 g/mol. The molecule has 0 radical (unpaired) electrons. The molecule has 0 heterocycles. The van der Waals surface area contributed by atoms with Gasteiger partial charge in [-0.15, -0.1) is 31.4 Å². The van der Waals surface area contributed by atoms with Crippen molar-refractivity contribution >= 4 is 30.7 Å². The summed E-state index contributed by atoms with van der Waals surface area (Å²) in [4.78, 5) is 11.7. The Bertz CT molecular complexity index is 237. The lowest BCUT2D eigenvalue weighted by atomic mass is 9.84. The van der Waals surface area contributed by atoms with E-state index in [-0.39, 0.29) is 30.7 Å². The van der Waals surface area contributed by atoms with Gasteiger partial charge in [0, 0.05) is 12.5 Å². The van der Waals surface area contributed by atoms with Gasteiger partial charge in [0.05, 0.1) is 0 Å². The van der Waals surface area contributed by atoms with E-state index in [1.165, 1.54) is 12.8 Å². The number of hydrogen-bond donors (Lipinski definition) is 2. The summed E-state index contributed by atoms with van der Waals surface area (Å²) < 4.78 is 0. The van der Waals surface area contributed by atoms with Crippen LogP contribution >= 0.6 is 24.8 Å². The van der Waals surface area contributed by atoms with E-state index < -0.39 is 0 Å². The van der Waals surface area contributed by atoms with Crippen LogP contribution in [0.25, 0.3) is 0 Å². The van der Waals surface area contributed by atoms with Crippen LogP contribution in [-0.2, 0) is 4.79 Å². The van der Waals surface area contributed by atoms with Gasteiger partial charge in [0.1, 0.15) is 0 Å². The highest BCUT2D eigenvalue weighted by molar-refractivity contribution is 5.85. The molecule has 3 nitrogen and oxygen atoms in total. The normalized spacial score (nSPS) is 22.3. The summed E-state index contributed by atoms with van der Waals surface area (Å²) >= 11 is 0. The van der Waals surface area contributed by atoms with Gasteiger partial charge in [-0.3, -0.25) is 4.79 Å². The Morgan fingerprint density at radius 1 is 1.33 bits per heavy atom. The molecule has 2 unspecified atom stereocenters. The molecule has 1 aliphatic rings. The summed E-state index contributed by atoms with van der Waals surface area (Å²) in [7, 11) is 0. The molecule has 3 N–H and O–H groups in total. The van der Waals surface area contributed by atoms with Crippen molar-refractivity contribution in [2.75, 3.05) is 6.54 Å². The largest absolute Gasteiger partial charge is 0.353 e. The number of carbonyl (C=O) groups is 1. The molecule has 0 aliphatic heterocycles. The average molecular weight is 297 g/mol. The third kappa shape index (κ3) is 7.24. The number of nitrogens with two attached hydrogens (primary N) is 1. The van der Waals surface area contributed by atoms with Crippen molar-refractivity contribution < 1.29 is 4.79 Å². The highest BCUT2D eigenvalue weighted by Crippen LogP contribution is 2.23. The topological polar surface area (TPSA) is 55.1 Å². The Hall–Kier alpha value is -0.250. The monoisotopic (exact) mass is 296 g/mol.